The quantitative estimate of drug-likeness (QED) is 0.300. The van der Waals surface area contributed by atoms with Crippen molar-refractivity contribution >= 4 is 62.9 Å². The van der Waals surface area contributed by atoms with Gasteiger partial charge in [0.25, 0.3) is 0 Å². The molecule has 0 saturated heterocycles. The molecular formula is C24H17Cl4NO. The minimum absolute atomic E-state index is 0.384. The van der Waals surface area contributed by atoms with Crippen LogP contribution in [0.3, 0.4) is 0 Å². The van der Waals surface area contributed by atoms with E-state index in [9.17, 15) is 0 Å². The molecule has 0 aliphatic rings. The first-order chi connectivity index (χ1) is 14.5. The van der Waals surface area contributed by atoms with Gasteiger partial charge in [0.1, 0.15) is 12.4 Å². The minimum atomic E-state index is 0.384. The summed E-state index contributed by atoms with van der Waals surface area (Å²) in [5, 5.41) is 7.75. The monoisotopic (exact) mass is 475 g/mol. The maximum Gasteiger partial charge on any atom is 0.125 e. The maximum absolute atomic E-state index is 6.17. The molecule has 0 fully saturated rings. The number of fused-ring (bicyclic) bond motifs is 1. The van der Waals surface area contributed by atoms with E-state index in [1.807, 2.05) is 42.5 Å². The van der Waals surface area contributed by atoms with Crippen molar-refractivity contribution in [3.8, 4) is 5.75 Å². The normalized spacial score (nSPS) is 10.9. The molecule has 4 aromatic carbocycles. The van der Waals surface area contributed by atoms with Gasteiger partial charge in [0.05, 0.1) is 20.1 Å². The van der Waals surface area contributed by atoms with E-state index < -0.39 is 0 Å². The largest absolute Gasteiger partial charge is 0.489 e. The summed E-state index contributed by atoms with van der Waals surface area (Å²) in [6, 6.07) is 23.2. The van der Waals surface area contributed by atoms with E-state index in [1.54, 1.807) is 12.1 Å². The summed E-state index contributed by atoms with van der Waals surface area (Å²) in [4.78, 5) is 0. The van der Waals surface area contributed by atoms with E-state index in [1.165, 1.54) is 0 Å². The fourth-order valence-corrected chi connectivity index (χ4v) is 3.84. The molecule has 0 aromatic heterocycles. The van der Waals surface area contributed by atoms with E-state index in [4.69, 9.17) is 51.1 Å². The van der Waals surface area contributed by atoms with Gasteiger partial charge in [0.15, 0.2) is 0 Å². The second-order valence-corrected chi connectivity index (χ2v) is 8.41. The van der Waals surface area contributed by atoms with E-state index in [0.29, 0.717) is 33.2 Å². The van der Waals surface area contributed by atoms with Crippen molar-refractivity contribution < 1.29 is 4.74 Å². The number of benzene rings is 4. The summed E-state index contributed by atoms with van der Waals surface area (Å²) in [6.07, 6.45) is 0. The average Bonchev–Trinajstić information content (AvgIpc) is 2.75. The SMILES string of the molecule is Clc1ccc(COc2ccc3ccccc3c2CNc2ccc(Cl)c(Cl)c2)cc1Cl. The van der Waals surface area contributed by atoms with Crippen molar-refractivity contribution in [2.45, 2.75) is 13.2 Å². The standard InChI is InChI=1S/C24H17Cl4NO/c25-20-8-5-15(11-22(20)27)14-30-24-10-6-16-3-1-2-4-18(16)19(24)13-29-17-7-9-21(26)23(28)12-17/h1-12,29H,13-14H2. The third kappa shape index (κ3) is 4.79. The lowest BCUT2D eigenvalue weighted by Gasteiger charge is -2.16. The smallest absolute Gasteiger partial charge is 0.125 e. The average molecular weight is 477 g/mol. The topological polar surface area (TPSA) is 21.3 Å². The molecule has 1 N–H and O–H groups in total. The number of rotatable bonds is 6. The van der Waals surface area contributed by atoms with Gasteiger partial charge in [-0.05, 0) is 52.7 Å². The van der Waals surface area contributed by atoms with Crippen molar-refractivity contribution in [3.63, 3.8) is 0 Å². The van der Waals surface area contributed by atoms with Crippen LogP contribution in [0.15, 0.2) is 72.8 Å². The Kier molecular flexibility index (Phi) is 6.60. The number of halogens is 4. The van der Waals surface area contributed by atoms with Crippen LogP contribution in [0, 0.1) is 0 Å². The summed E-state index contributed by atoms with van der Waals surface area (Å²) in [7, 11) is 0. The number of ether oxygens (including phenoxy) is 1. The molecule has 4 aromatic rings. The molecule has 2 nitrogen and oxygen atoms in total. The van der Waals surface area contributed by atoms with Crippen molar-refractivity contribution in [2.24, 2.45) is 0 Å². The Hall–Kier alpha value is -2.10. The molecule has 6 heteroatoms. The van der Waals surface area contributed by atoms with Crippen LogP contribution in [0.5, 0.6) is 5.75 Å². The fraction of sp³-hybridized carbons (Fsp3) is 0.0833. The molecular weight excluding hydrogens is 460 g/mol. The summed E-state index contributed by atoms with van der Waals surface area (Å²) in [6.45, 7) is 0.949. The predicted molar refractivity (Wildman–Crippen MR) is 129 cm³/mol. The van der Waals surface area contributed by atoms with Crippen molar-refractivity contribution in [3.05, 3.63) is 104 Å². The summed E-state index contributed by atoms with van der Waals surface area (Å²) in [5.74, 6) is 0.798. The van der Waals surface area contributed by atoms with Crippen LogP contribution in [0.25, 0.3) is 10.8 Å². The van der Waals surface area contributed by atoms with Gasteiger partial charge in [-0.3, -0.25) is 0 Å². The van der Waals surface area contributed by atoms with E-state index >= 15 is 0 Å². The van der Waals surface area contributed by atoms with E-state index in [2.05, 4.69) is 23.5 Å². The van der Waals surface area contributed by atoms with Crippen LogP contribution < -0.4 is 10.1 Å². The molecule has 0 spiro atoms. The van der Waals surface area contributed by atoms with E-state index in [0.717, 1.165) is 33.3 Å². The van der Waals surface area contributed by atoms with Gasteiger partial charge >= 0.3 is 0 Å². The van der Waals surface area contributed by atoms with Gasteiger partial charge in [-0.15, -0.1) is 0 Å². The predicted octanol–water partition coefficient (Wildman–Crippen LogP) is 8.64. The first-order valence-corrected chi connectivity index (χ1v) is 10.8. The molecule has 152 valence electrons. The highest BCUT2D eigenvalue weighted by molar-refractivity contribution is 6.42. The van der Waals surface area contributed by atoms with E-state index in [-0.39, 0.29) is 0 Å². The third-order valence-electron chi connectivity index (χ3n) is 4.76. The van der Waals surface area contributed by atoms with Crippen LogP contribution >= 0.6 is 46.4 Å². The highest BCUT2D eigenvalue weighted by Crippen LogP contribution is 2.31. The highest BCUT2D eigenvalue weighted by atomic mass is 35.5. The van der Waals surface area contributed by atoms with Crippen LogP contribution in [-0.2, 0) is 13.2 Å². The summed E-state index contributed by atoms with van der Waals surface area (Å²) < 4.78 is 6.17. The Morgan fingerprint density at radius 2 is 1.43 bits per heavy atom. The molecule has 0 heterocycles. The molecule has 0 saturated carbocycles. The maximum atomic E-state index is 6.17. The lowest BCUT2D eigenvalue weighted by Crippen LogP contribution is -2.05. The highest BCUT2D eigenvalue weighted by Gasteiger charge is 2.10. The van der Waals surface area contributed by atoms with Crippen molar-refractivity contribution in [1.82, 2.24) is 0 Å². The first kappa shape index (κ1) is 21.1. The zero-order chi connectivity index (χ0) is 21.1. The van der Waals surface area contributed by atoms with Crippen molar-refractivity contribution in [1.29, 1.82) is 0 Å². The van der Waals surface area contributed by atoms with Gasteiger partial charge in [-0.25, -0.2) is 0 Å². The first-order valence-electron chi connectivity index (χ1n) is 9.27. The van der Waals surface area contributed by atoms with Gasteiger partial charge in [0, 0.05) is 17.8 Å². The van der Waals surface area contributed by atoms with Gasteiger partial charge in [0.2, 0.25) is 0 Å². The summed E-state index contributed by atoms with van der Waals surface area (Å²) >= 11 is 24.3. The molecule has 0 unspecified atom stereocenters. The molecule has 0 bridgehead atoms. The second-order valence-electron chi connectivity index (χ2n) is 6.78. The Bertz CT molecular complexity index is 1210. The molecule has 0 amide bonds. The van der Waals surface area contributed by atoms with Crippen molar-refractivity contribution in [2.75, 3.05) is 5.32 Å². The fourth-order valence-electron chi connectivity index (χ4n) is 3.22. The lowest BCUT2D eigenvalue weighted by atomic mass is 10.0. The van der Waals surface area contributed by atoms with Crippen LogP contribution in [0.4, 0.5) is 5.69 Å². The Morgan fingerprint density at radius 1 is 0.700 bits per heavy atom. The Morgan fingerprint density at radius 3 is 2.20 bits per heavy atom. The number of anilines is 1. The van der Waals surface area contributed by atoms with Crippen LogP contribution in [-0.4, -0.2) is 0 Å². The number of hydrogen-bond acceptors (Lipinski definition) is 2. The lowest BCUT2D eigenvalue weighted by molar-refractivity contribution is 0.304. The summed E-state index contributed by atoms with van der Waals surface area (Å²) in [5.41, 5.74) is 2.88. The van der Waals surface area contributed by atoms with Gasteiger partial charge in [-0.2, -0.15) is 0 Å². The molecule has 0 radical (unpaired) electrons. The molecule has 0 aliphatic carbocycles. The van der Waals surface area contributed by atoms with Crippen LogP contribution in [0.2, 0.25) is 20.1 Å². The second kappa shape index (κ2) is 9.36. The van der Waals surface area contributed by atoms with Gasteiger partial charge < -0.3 is 10.1 Å². The molecule has 30 heavy (non-hydrogen) atoms. The molecule has 0 atom stereocenters. The Balaban J connectivity index is 1.61. The molecule has 0 aliphatic heterocycles. The zero-order valence-electron chi connectivity index (χ0n) is 15.8. The zero-order valence-corrected chi connectivity index (χ0v) is 18.8. The Labute approximate surface area is 195 Å². The third-order valence-corrected chi connectivity index (χ3v) is 6.24. The number of hydrogen-bond donors (Lipinski definition) is 1. The number of nitrogens with one attached hydrogen (secondary N) is 1. The minimum Gasteiger partial charge on any atom is -0.489 e. The molecule has 4 rings (SSSR count). The van der Waals surface area contributed by atoms with Gasteiger partial charge in [-0.1, -0.05) is 82.8 Å². The van der Waals surface area contributed by atoms with Crippen LogP contribution in [0.1, 0.15) is 11.1 Å².